The maximum Gasteiger partial charge on any atom is 0.335 e. The van der Waals surface area contributed by atoms with Crippen LogP contribution in [0.4, 0.5) is 10.5 Å². The Balaban J connectivity index is 2.07. The molecule has 0 radical (unpaired) electrons. The molecule has 4 amide bonds. The largest absolute Gasteiger partial charge is 0.507 e. The van der Waals surface area contributed by atoms with Gasteiger partial charge in [0.1, 0.15) is 11.3 Å². The molecule has 7 heteroatoms. The number of carbonyl (C=O) groups excluding carboxylic acids is 3. The predicted molar refractivity (Wildman–Crippen MR) is 96.0 cm³/mol. The van der Waals surface area contributed by atoms with Crippen LogP contribution in [0.2, 0.25) is 0 Å². The molecule has 3 rings (SSSR count). The molecule has 0 unspecified atom stereocenters. The maximum absolute atomic E-state index is 12.7. The minimum atomic E-state index is -0.809. The van der Waals surface area contributed by atoms with Crippen molar-refractivity contribution in [3.63, 3.8) is 0 Å². The first-order chi connectivity index (χ1) is 11.9. The number of carbonyl (C=O) groups is 3. The Hall–Kier alpha value is -2.93. The average Bonchev–Trinajstić information content (AvgIpc) is 2.54. The van der Waals surface area contributed by atoms with Gasteiger partial charge in [0.25, 0.3) is 11.8 Å². The van der Waals surface area contributed by atoms with Crippen LogP contribution in [0.25, 0.3) is 6.08 Å². The molecule has 25 heavy (non-hydrogen) atoms. The van der Waals surface area contributed by atoms with E-state index in [9.17, 15) is 19.5 Å². The van der Waals surface area contributed by atoms with E-state index in [0.717, 1.165) is 10.5 Å². The molecule has 126 valence electrons. The van der Waals surface area contributed by atoms with Crippen LogP contribution in [0.15, 0.2) is 52.5 Å². The SMILES string of the molecule is Cc1cccc(N2C(=O)NC(=O)/C(=C\c3cc(Br)ccc3O)C2=O)c1. The number of hydrogen-bond donors (Lipinski definition) is 2. The van der Waals surface area contributed by atoms with Gasteiger partial charge in [-0.05, 0) is 48.9 Å². The van der Waals surface area contributed by atoms with E-state index in [1.807, 2.05) is 13.0 Å². The molecule has 1 heterocycles. The summed E-state index contributed by atoms with van der Waals surface area (Å²) < 4.78 is 0.674. The van der Waals surface area contributed by atoms with Gasteiger partial charge in [-0.2, -0.15) is 0 Å². The number of imide groups is 2. The number of hydrogen-bond acceptors (Lipinski definition) is 4. The Kier molecular flexibility index (Phi) is 4.41. The number of nitrogens with one attached hydrogen (secondary N) is 1. The van der Waals surface area contributed by atoms with Gasteiger partial charge in [0.15, 0.2) is 0 Å². The van der Waals surface area contributed by atoms with Crippen molar-refractivity contribution in [2.45, 2.75) is 6.92 Å². The molecule has 6 nitrogen and oxygen atoms in total. The first kappa shape index (κ1) is 16.9. The molecule has 0 spiro atoms. The fourth-order valence-corrected chi connectivity index (χ4v) is 2.83. The Bertz CT molecular complexity index is 936. The lowest BCUT2D eigenvalue weighted by molar-refractivity contribution is -0.122. The zero-order valence-electron chi connectivity index (χ0n) is 13.1. The molecule has 0 bridgehead atoms. The summed E-state index contributed by atoms with van der Waals surface area (Å²) in [6.07, 6.45) is 1.26. The van der Waals surface area contributed by atoms with Gasteiger partial charge in [0.2, 0.25) is 0 Å². The van der Waals surface area contributed by atoms with Crippen LogP contribution in [0, 0.1) is 6.92 Å². The molecule has 0 atom stereocenters. The van der Waals surface area contributed by atoms with Gasteiger partial charge >= 0.3 is 6.03 Å². The summed E-state index contributed by atoms with van der Waals surface area (Å²) in [6.45, 7) is 1.83. The molecule has 2 aromatic carbocycles. The van der Waals surface area contributed by atoms with E-state index in [1.54, 1.807) is 30.3 Å². The number of phenolic OH excluding ortho intramolecular Hbond substituents is 1. The second-order valence-electron chi connectivity index (χ2n) is 5.50. The van der Waals surface area contributed by atoms with Crippen molar-refractivity contribution in [1.29, 1.82) is 0 Å². The summed E-state index contributed by atoms with van der Waals surface area (Å²) in [6, 6.07) is 10.6. The number of aryl methyl sites for hydroxylation is 1. The number of anilines is 1. The zero-order valence-corrected chi connectivity index (χ0v) is 14.7. The highest BCUT2D eigenvalue weighted by molar-refractivity contribution is 9.10. The Morgan fingerprint density at radius 3 is 2.60 bits per heavy atom. The van der Waals surface area contributed by atoms with Crippen LogP contribution < -0.4 is 10.2 Å². The summed E-state index contributed by atoms with van der Waals surface area (Å²) in [5, 5.41) is 12.1. The second-order valence-corrected chi connectivity index (χ2v) is 6.42. The summed E-state index contributed by atoms with van der Waals surface area (Å²) in [4.78, 5) is 37.9. The van der Waals surface area contributed by atoms with Crippen LogP contribution in [0.5, 0.6) is 5.75 Å². The summed E-state index contributed by atoms with van der Waals surface area (Å²) >= 11 is 3.27. The number of barbiturate groups is 1. The molecule has 1 fully saturated rings. The van der Waals surface area contributed by atoms with Crippen LogP contribution in [0.1, 0.15) is 11.1 Å². The van der Waals surface area contributed by atoms with E-state index in [-0.39, 0.29) is 16.9 Å². The lowest BCUT2D eigenvalue weighted by Gasteiger charge is -2.26. The van der Waals surface area contributed by atoms with Crippen LogP contribution in [0.3, 0.4) is 0 Å². The molecular weight excluding hydrogens is 388 g/mol. The van der Waals surface area contributed by atoms with Gasteiger partial charge in [-0.15, -0.1) is 0 Å². The van der Waals surface area contributed by atoms with Crippen LogP contribution in [-0.4, -0.2) is 23.0 Å². The summed E-state index contributed by atoms with van der Waals surface area (Å²) in [5.41, 5.74) is 1.27. The number of benzene rings is 2. The molecule has 0 saturated carbocycles. The molecular formula is C18H13BrN2O4. The second kappa shape index (κ2) is 6.52. The molecule has 1 aliphatic rings. The van der Waals surface area contributed by atoms with Gasteiger partial charge in [0, 0.05) is 10.0 Å². The minimum Gasteiger partial charge on any atom is -0.507 e. The third kappa shape index (κ3) is 3.32. The van der Waals surface area contributed by atoms with E-state index in [1.165, 1.54) is 12.1 Å². The van der Waals surface area contributed by atoms with E-state index < -0.39 is 17.8 Å². The van der Waals surface area contributed by atoms with Crippen molar-refractivity contribution in [3.8, 4) is 5.75 Å². The van der Waals surface area contributed by atoms with Crippen molar-refractivity contribution in [2.75, 3.05) is 4.90 Å². The highest BCUT2D eigenvalue weighted by Crippen LogP contribution is 2.27. The number of aromatic hydroxyl groups is 1. The smallest absolute Gasteiger partial charge is 0.335 e. The van der Waals surface area contributed by atoms with Gasteiger partial charge < -0.3 is 5.11 Å². The van der Waals surface area contributed by atoms with Gasteiger partial charge in [-0.25, -0.2) is 9.69 Å². The molecule has 0 aliphatic carbocycles. The van der Waals surface area contributed by atoms with Crippen molar-refractivity contribution < 1.29 is 19.5 Å². The molecule has 0 aromatic heterocycles. The molecule has 1 saturated heterocycles. The van der Waals surface area contributed by atoms with Gasteiger partial charge in [-0.3, -0.25) is 14.9 Å². The molecule has 1 aliphatic heterocycles. The lowest BCUT2D eigenvalue weighted by Crippen LogP contribution is -2.54. The van der Waals surface area contributed by atoms with Crippen molar-refractivity contribution in [2.24, 2.45) is 0 Å². The number of rotatable bonds is 2. The molecule has 2 N–H and O–H groups in total. The van der Waals surface area contributed by atoms with E-state index in [4.69, 9.17) is 0 Å². The highest BCUT2D eigenvalue weighted by atomic mass is 79.9. The zero-order chi connectivity index (χ0) is 18.1. The lowest BCUT2D eigenvalue weighted by atomic mass is 10.1. The standard InChI is InChI=1S/C18H13BrN2O4/c1-10-3-2-4-13(7-10)21-17(24)14(16(23)20-18(21)25)9-11-8-12(19)5-6-15(11)22/h2-9,22H,1H3,(H,20,23,25)/b14-9+. The van der Waals surface area contributed by atoms with Crippen molar-refractivity contribution in [3.05, 3.63) is 63.6 Å². The Morgan fingerprint density at radius 1 is 1.12 bits per heavy atom. The first-order valence-corrected chi connectivity index (χ1v) is 8.13. The topological polar surface area (TPSA) is 86.7 Å². The molecule has 2 aromatic rings. The number of amides is 4. The van der Waals surface area contributed by atoms with E-state index in [2.05, 4.69) is 21.2 Å². The quantitative estimate of drug-likeness (QED) is 0.598. The number of phenols is 1. The number of halogens is 1. The summed E-state index contributed by atoms with van der Waals surface area (Å²) in [7, 11) is 0. The average molecular weight is 401 g/mol. The first-order valence-electron chi connectivity index (χ1n) is 7.33. The van der Waals surface area contributed by atoms with Gasteiger partial charge in [0.05, 0.1) is 5.69 Å². The third-order valence-corrected chi connectivity index (χ3v) is 4.14. The van der Waals surface area contributed by atoms with Crippen LogP contribution in [-0.2, 0) is 9.59 Å². The highest BCUT2D eigenvalue weighted by Gasteiger charge is 2.36. The normalized spacial score (nSPS) is 16.3. The van der Waals surface area contributed by atoms with Crippen molar-refractivity contribution >= 4 is 45.5 Å². The minimum absolute atomic E-state index is 0.0877. The number of urea groups is 1. The monoisotopic (exact) mass is 400 g/mol. The van der Waals surface area contributed by atoms with Crippen LogP contribution >= 0.6 is 15.9 Å². The van der Waals surface area contributed by atoms with Gasteiger partial charge in [-0.1, -0.05) is 28.1 Å². The van der Waals surface area contributed by atoms with E-state index in [0.29, 0.717) is 10.2 Å². The van der Waals surface area contributed by atoms with Crippen molar-refractivity contribution in [1.82, 2.24) is 5.32 Å². The van der Waals surface area contributed by atoms with E-state index >= 15 is 0 Å². The maximum atomic E-state index is 12.7. The predicted octanol–water partition coefficient (Wildman–Crippen LogP) is 3.13. The fraction of sp³-hybridized carbons (Fsp3) is 0.0556. The summed E-state index contributed by atoms with van der Waals surface area (Å²) in [5.74, 6) is -1.65. The number of nitrogens with zero attached hydrogens (tertiary/aromatic N) is 1. The fourth-order valence-electron chi connectivity index (χ4n) is 2.46. The third-order valence-electron chi connectivity index (χ3n) is 3.65. The Labute approximate surface area is 151 Å². The Morgan fingerprint density at radius 2 is 1.88 bits per heavy atom.